The van der Waals surface area contributed by atoms with Crippen LogP contribution in [0.2, 0.25) is 5.02 Å². The summed E-state index contributed by atoms with van der Waals surface area (Å²) in [6.45, 7) is 0. The van der Waals surface area contributed by atoms with Crippen LogP contribution in [0.4, 0.5) is 0 Å². The summed E-state index contributed by atoms with van der Waals surface area (Å²) >= 11 is 7.07. The van der Waals surface area contributed by atoms with Crippen molar-refractivity contribution in [2.24, 2.45) is 7.05 Å². The number of fused-ring (bicyclic) bond motifs is 1. The average Bonchev–Trinajstić information content (AvgIpc) is 2.57. The third-order valence-corrected chi connectivity index (χ3v) is 4.72. The van der Waals surface area contributed by atoms with Crippen molar-refractivity contribution in [3.63, 3.8) is 0 Å². The zero-order chi connectivity index (χ0) is 16.4. The van der Waals surface area contributed by atoms with Gasteiger partial charge >= 0.3 is 0 Å². The van der Waals surface area contributed by atoms with Crippen LogP contribution < -0.4 is 5.56 Å². The molecule has 1 aromatic heterocycles. The van der Waals surface area contributed by atoms with Gasteiger partial charge in [-0.05, 0) is 36.4 Å². The van der Waals surface area contributed by atoms with Crippen LogP contribution in [0, 0.1) is 0 Å². The molecular formula is C17H13ClN2O2S. The fourth-order valence-electron chi connectivity index (χ4n) is 2.18. The van der Waals surface area contributed by atoms with Crippen LogP contribution in [-0.4, -0.2) is 21.1 Å². The predicted octanol–water partition coefficient (Wildman–Crippen LogP) is 3.56. The third-order valence-electron chi connectivity index (χ3n) is 3.44. The first-order chi connectivity index (χ1) is 11.1. The van der Waals surface area contributed by atoms with Crippen LogP contribution in [-0.2, 0) is 7.05 Å². The molecular weight excluding hydrogens is 332 g/mol. The van der Waals surface area contributed by atoms with Crippen molar-refractivity contribution in [2.75, 3.05) is 5.75 Å². The first kappa shape index (κ1) is 15.8. The van der Waals surface area contributed by atoms with Crippen molar-refractivity contribution in [3.8, 4) is 0 Å². The Bertz CT molecular complexity index is 935. The lowest BCUT2D eigenvalue weighted by molar-refractivity contribution is 0.102. The number of hydrogen-bond acceptors (Lipinski definition) is 4. The van der Waals surface area contributed by atoms with Crippen LogP contribution >= 0.6 is 23.4 Å². The van der Waals surface area contributed by atoms with Gasteiger partial charge in [0.2, 0.25) is 0 Å². The zero-order valence-electron chi connectivity index (χ0n) is 12.3. The van der Waals surface area contributed by atoms with E-state index in [0.29, 0.717) is 26.6 Å². The van der Waals surface area contributed by atoms with Gasteiger partial charge in [0.15, 0.2) is 10.9 Å². The van der Waals surface area contributed by atoms with Crippen molar-refractivity contribution in [3.05, 3.63) is 69.5 Å². The van der Waals surface area contributed by atoms with Crippen LogP contribution in [0.1, 0.15) is 10.4 Å². The number of aromatic nitrogens is 2. The molecule has 0 saturated heterocycles. The number of nitrogens with zero attached hydrogens (tertiary/aromatic N) is 2. The molecule has 1 heterocycles. The Hall–Kier alpha value is -2.11. The Morgan fingerprint density at radius 3 is 2.61 bits per heavy atom. The Morgan fingerprint density at radius 1 is 1.17 bits per heavy atom. The lowest BCUT2D eigenvalue weighted by atomic mass is 10.1. The highest BCUT2D eigenvalue weighted by Gasteiger charge is 2.11. The summed E-state index contributed by atoms with van der Waals surface area (Å²) in [6, 6.07) is 13.9. The first-order valence-electron chi connectivity index (χ1n) is 6.93. The van der Waals surface area contributed by atoms with E-state index in [0.717, 1.165) is 0 Å². The van der Waals surface area contributed by atoms with Crippen molar-refractivity contribution in [1.29, 1.82) is 0 Å². The number of halogens is 1. The van der Waals surface area contributed by atoms with E-state index in [1.54, 1.807) is 43.4 Å². The van der Waals surface area contributed by atoms with Gasteiger partial charge in [-0.1, -0.05) is 35.5 Å². The van der Waals surface area contributed by atoms with Crippen LogP contribution in [0.25, 0.3) is 10.9 Å². The highest BCUT2D eigenvalue weighted by atomic mass is 35.5. The second kappa shape index (κ2) is 6.56. The zero-order valence-corrected chi connectivity index (χ0v) is 13.9. The summed E-state index contributed by atoms with van der Waals surface area (Å²) in [6.07, 6.45) is 0. The summed E-state index contributed by atoms with van der Waals surface area (Å²) in [5.74, 6) is 0.175. The van der Waals surface area contributed by atoms with E-state index in [1.807, 2.05) is 12.1 Å². The van der Waals surface area contributed by atoms with E-state index in [1.165, 1.54) is 16.3 Å². The molecule has 4 nitrogen and oxygen atoms in total. The molecule has 0 radical (unpaired) electrons. The fraction of sp³-hybridized carbons (Fsp3) is 0.118. The molecule has 0 bridgehead atoms. The highest BCUT2D eigenvalue weighted by Crippen LogP contribution is 2.19. The average molecular weight is 345 g/mol. The Labute approximate surface area is 142 Å². The molecule has 0 unspecified atom stereocenters. The van der Waals surface area contributed by atoms with Gasteiger partial charge in [0.05, 0.1) is 16.7 Å². The molecule has 0 aliphatic rings. The van der Waals surface area contributed by atoms with Crippen molar-refractivity contribution in [2.45, 2.75) is 5.16 Å². The largest absolute Gasteiger partial charge is 0.293 e. The second-order valence-electron chi connectivity index (χ2n) is 4.99. The fourth-order valence-corrected chi connectivity index (χ4v) is 3.17. The number of para-hydroxylation sites is 1. The van der Waals surface area contributed by atoms with E-state index < -0.39 is 0 Å². The number of hydrogen-bond donors (Lipinski definition) is 0. The van der Waals surface area contributed by atoms with E-state index in [-0.39, 0.29) is 17.1 Å². The number of rotatable bonds is 4. The minimum Gasteiger partial charge on any atom is -0.293 e. The third kappa shape index (κ3) is 3.30. The molecule has 23 heavy (non-hydrogen) atoms. The molecule has 0 fully saturated rings. The first-order valence-corrected chi connectivity index (χ1v) is 8.30. The topological polar surface area (TPSA) is 52.0 Å². The van der Waals surface area contributed by atoms with Gasteiger partial charge in [0.1, 0.15) is 0 Å². The molecule has 0 N–H and O–H groups in total. The molecule has 0 atom stereocenters. The number of carbonyl (C=O) groups excluding carboxylic acids is 1. The molecule has 0 spiro atoms. The number of thioether (sulfide) groups is 1. The van der Waals surface area contributed by atoms with Gasteiger partial charge in [-0.15, -0.1) is 0 Å². The second-order valence-corrected chi connectivity index (χ2v) is 6.37. The molecule has 0 amide bonds. The molecule has 0 aliphatic carbocycles. The quantitative estimate of drug-likeness (QED) is 0.412. The van der Waals surface area contributed by atoms with Gasteiger partial charge in [-0.3, -0.25) is 14.2 Å². The van der Waals surface area contributed by atoms with E-state index in [9.17, 15) is 9.59 Å². The maximum atomic E-state index is 12.3. The Morgan fingerprint density at radius 2 is 1.87 bits per heavy atom. The highest BCUT2D eigenvalue weighted by molar-refractivity contribution is 7.99. The predicted molar refractivity (Wildman–Crippen MR) is 93.5 cm³/mol. The van der Waals surface area contributed by atoms with Crippen LogP contribution in [0.3, 0.4) is 0 Å². The molecule has 3 rings (SSSR count). The monoisotopic (exact) mass is 344 g/mol. The molecule has 116 valence electrons. The molecule has 0 aliphatic heterocycles. The summed E-state index contributed by atoms with van der Waals surface area (Å²) in [4.78, 5) is 29.0. The van der Waals surface area contributed by atoms with Crippen molar-refractivity contribution < 1.29 is 4.79 Å². The Balaban J connectivity index is 1.84. The lowest BCUT2D eigenvalue weighted by Crippen LogP contribution is -2.20. The lowest BCUT2D eigenvalue weighted by Gasteiger charge is -2.08. The van der Waals surface area contributed by atoms with E-state index in [2.05, 4.69) is 4.98 Å². The van der Waals surface area contributed by atoms with Crippen LogP contribution in [0.15, 0.2) is 58.5 Å². The molecule has 6 heteroatoms. The SMILES string of the molecule is Cn1c(SCC(=O)c2ccc(Cl)cc2)nc2ccccc2c1=O. The number of Topliss-reactive ketones (excluding diaryl/α,β-unsaturated/α-hetero) is 1. The molecule has 3 aromatic rings. The smallest absolute Gasteiger partial charge is 0.261 e. The van der Waals surface area contributed by atoms with Gasteiger partial charge in [-0.2, -0.15) is 0 Å². The summed E-state index contributed by atoms with van der Waals surface area (Å²) in [7, 11) is 1.66. The minimum absolute atomic E-state index is 0.0333. The van der Waals surface area contributed by atoms with Gasteiger partial charge in [0, 0.05) is 17.6 Å². The van der Waals surface area contributed by atoms with Crippen molar-refractivity contribution >= 4 is 40.0 Å². The normalized spacial score (nSPS) is 10.9. The van der Waals surface area contributed by atoms with Gasteiger partial charge < -0.3 is 0 Å². The van der Waals surface area contributed by atoms with Gasteiger partial charge in [0.25, 0.3) is 5.56 Å². The van der Waals surface area contributed by atoms with E-state index in [4.69, 9.17) is 11.6 Å². The standard InChI is InChI=1S/C17H13ClN2O2S/c1-20-16(22)13-4-2-3-5-14(13)19-17(20)23-10-15(21)11-6-8-12(18)9-7-11/h2-9H,10H2,1H3. The number of carbonyl (C=O) groups is 1. The maximum absolute atomic E-state index is 12.3. The van der Waals surface area contributed by atoms with Gasteiger partial charge in [-0.25, -0.2) is 4.98 Å². The number of benzene rings is 2. The molecule has 0 saturated carbocycles. The molecule has 2 aromatic carbocycles. The summed E-state index contributed by atoms with van der Waals surface area (Å²) < 4.78 is 1.47. The summed E-state index contributed by atoms with van der Waals surface area (Å²) in [5, 5.41) is 1.69. The summed E-state index contributed by atoms with van der Waals surface area (Å²) in [5.41, 5.74) is 1.11. The van der Waals surface area contributed by atoms with E-state index >= 15 is 0 Å². The number of ketones is 1. The Kier molecular flexibility index (Phi) is 4.50. The van der Waals surface area contributed by atoms with Crippen LogP contribution in [0.5, 0.6) is 0 Å². The maximum Gasteiger partial charge on any atom is 0.261 e. The van der Waals surface area contributed by atoms with Crippen molar-refractivity contribution in [1.82, 2.24) is 9.55 Å². The minimum atomic E-state index is -0.114.